The Balaban J connectivity index is 0.794. The highest BCUT2D eigenvalue weighted by Crippen LogP contribution is 2.72. The summed E-state index contributed by atoms with van der Waals surface area (Å²) in [6.07, 6.45) is 97.3. The Morgan fingerprint density at radius 2 is 0.483 bits per heavy atom. The van der Waals surface area contributed by atoms with Gasteiger partial charge in [0.15, 0.2) is 6.71 Å². The van der Waals surface area contributed by atoms with E-state index in [1.165, 1.54) is 122 Å². The van der Waals surface area contributed by atoms with Gasteiger partial charge in [0.1, 0.15) is 0 Å². The molecule has 23 atom stereocenters. The quantitative estimate of drug-likeness (QED) is 0.170. The number of hydrogen-bond donors (Lipinski definition) is 0. The van der Waals surface area contributed by atoms with E-state index in [4.69, 9.17) is 0 Å². The Hall–Kier alpha value is -0.0551. The van der Waals surface area contributed by atoms with Crippen molar-refractivity contribution in [3.63, 3.8) is 0 Å². The molecule has 20 aliphatic rings. The summed E-state index contributed by atoms with van der Waals surface area (Å²) in [5, 5.41) is 0. The van der Waals surface area contributed by atoms with Gasteiger partial charge in [-0.05, 0) is 341 Å². The Bertz CT molecular complexity index is 3120. The summed E-state index contributed by atoms with van der Waals surface area (Å²) >= 11 is 0. The van der Waals surface area contributed by atoms with Crippen LogP contribution in [0.25, 0.3) is 0 Å². The van der Waals surface area contributed by atoms with Crippen LogP contribution in [-0.4, -0.2) is 75.8 Å². The first kappa shape index (κ1) is 87.9. The van der Waals surface area contributed by atoms with Crippen molar-refractivity contribution in [2.45, 2.75) is 553 Å². The molecule has 680 valence electrons. The van der Waals surface area contributed by atoms with Crippen molar-refractivity contribution in [1.29, 1.82) is 0 Å². The number of hydrogen-bond acceptors (Lipinski definition) is 3. The lowest BCUT2D eigenvalue weighted by Gasteiger charge is -2.73. The van der Waals surface area contributed by atoms with Crippen LogP contribution in [-0.2, 0) is 0 Å². The SMILES string of the molecule is CC(C)(C)C1CC2CCC3CC(C(C)(C)C)CC4C(C5CCC6B7C8CCC(C9CCCCC9)CC8N(C8C(C9CCCCC9)CC(C(C)(C)C)CC8C8CCCCC8)C8CC(N(C9CCC(C%10CCCCC%10)CC9)C9CCC(C%10CCCCC%10)CC9)CC(C78)N(C7C(C8CCCCC8)CC(C(C)(C)C)CC7C7CCCCC7)C6C5)CC(C1)C2C34. The first-order valence-corrected chi connectivity index (χ1v) is 57.4. The molecule has 2 saturated heterocycles. The third-order valence-electron chi connectivity index (χ3n) is 46.5. The molecule has 120 heavy (non-hydrogen) atoms. The second-order valence-corrected chi connectivity index (χ2v) is 55.6. The molecule has 0 amide bonds. The Labute approximate surface area is 745 Å². The summed E-state index contributed by atoms with van der Waals surface area (Å²) in [5.41, 5.74) is 1.61. The fourth-order valence-electron chi connectivity index (χ4n) is 40.7. The molecule has 18 aliphatic carbocycles. The second kappa shape index (κ2) is 36.8. The molecule has 23 unspecified atom stereocenters. The molecule has 0 aromatic carbocycles. The fourth-order valence-corrected chi connectivity index (χ4v) is 40.7. The van der Waals surface area contributed by atoms with Gasteiger partial charge in [-0.3, -0.25) is 14.7 Å². The zero-order valence-electron chi connectivity index (χ0n) is 81.7. The first-order valence-electron chi connectivity index (χ1n) is 57.4. The molecule has 0 radical (unpaired) electrons. The maximum absolute atomic E-state index is 4.13. The molecule has 2 aliphatic heterocycles. The molecule has 4 heteroatoms. The van der Waals surface area contributed by atoms with Crippen LogP contribution >= 0.6 is 0 Å². The van der Waals surface area contributed by atoms with Crippen LogP contribution in [0, 0.1) is 176 Å². The lowest BCUT2D eigenvalue weighted by atomic mass is 9.18. The van der Waals surface area contributed by atoms with Gasteiger partial charge < -0.3 is 0 Å². The van der Waals surface area contributed by atoms with Gasteiger partial charge in [0, 0.05) is 54.4 Å². The highest BCUT2D eigenvalue weighted by molar-refractivity contribution is 6.65. The van der Waals surface area contributed by atoms with E-state index in [2.05, 4.69) is 97.8 Å². The molecule has 0 aromatic rings. The summed E-state index contributed by atoms with van der Waals surface area (Å²) in [4.78, 5) is 12.0. The average molecular weight is 1650 g/mol. The van der Waals surface area contributed by atoms with Crippen molar-refractivity contribution in [2.24, 2.45) is 176 Å². The van der Waals surface area contributed by atoms with Crippen LogP contribution in [0.2, 0.25) is 17.5 Å². The first-order chi connectivity index (χ1) is 58.0. The second-order valence-electron chi connectivity index (χ2n) is 55.6. The number of nitrogens with zero attached hydrogens (tertiary/aromatic N) is 3. The monoisotopic (exact) mass is 1640 g/mol. The van der Waals surface area contributed by atoms with E-state index in [1.807, 2.05) is 0 Å². The highest BCUT2D eigenvalue weighted by Gasteiger charge is 2.71. The number of rotatable bonds is 13. The van der Waals surface area contributed by atoms with Gasteiger partial charge >= 0.3 is 0 Å². The van der Waals surface area contributed by atoms with Crippen LogP contribution in [0.4, 0.5) is 0 Å². The third-order valence-corrected chi connectivity index (χ3v) is 46.5. The van der Waals surface area contributed by atoms with Crippen molar-refractivity contribution in [3.05, 3.63) is 0 Å². The van der Waals surface area contributed by atoms with Crippen molar-refractivity contribution in [1.82, 2.24) is 14.7 Å². The largest absolute Gasteiger partial charge is 0.295 e. The molecule has 20 rings (SSSR count). The minimum absolute atomic E-state index is 0.375. The van der Waals surface area contributed by atoms with Gasteiger partial charge in [0.25, 0.3) is 0 Å². The van der Waals surface area contributed by atoms with E-state index in [9.17, 15) is 0 Å². The van der Waals surface area contributed by atoms with E-state index in [0.29, 0.717) is 21.7 Å². The Morgan fingerprint density at radius 3 is 0.858 bits per heavy atom. The van der Waals surface area contributed by atoms with Gasteiger partial charge in [0.05, 0.1) is 0 Å². The average Bonchev–Trinajstić information content (AvgIpc) is 0.688. The smallest absolute Gasteiger partial charge is 0.156 e. The molecule has 18 saturated carbocycles. The summed E-state index contributed by atoms with van der Waals surface area (Å²) in [7, 11) is 0. The predicted molar refractivity (Wildman–Crippen MR) is 511 cm³/mol. The van der Waals surface area contributed by atoms with Crippen molar-refractivity contribution < 1.29 is 0 Å². The lowest BCUT2D eigenvalue weighted by Crippen LogP contribution is -2.78. The fraction of sp³-hybridized carbons (Fsp3) is 1.00. The zero-order valence-corrected chi connectivity index (χ0v) is 81.7. The van der Waals surface area contributed by atoms with E-state index in [0.717, 1.165) is 232 Å². The summed E-state index contributed by atoms with van der Waals surface area (Å²) in [5.74, 6) is 27.7. The van der Waals surface area contributed by atoms with Gasteiger partial charge in [-0.15, -0.1) is 0 Å². The standard InChI is InChI=1S/C116H198BN3/c1-113(2,3)89-62-86-48-49-87-63-90(114(4,5)6)72-101-96(65-88(64-89)108(86)109(87)101)85-55-61-103-105(67-85)120(112-99(82-44-30-18-31-45-82)70-92(116(10,11)12)71-100(112)83-46-32-19-33-47-83)107-74-95(118(93-56-50-78(51-57-93)75-34-20-13-21-35-75)94-58-52-79(53-59-94)76-36-22-14-23-37-76)73-106-110(107)117(103)102-60-54-84(77-38-24-15-25-39-77)66-104(102)119(106)111-97(80-40-26-16-27-41-80)68-91(115(7,8)9)69-98(111)81-42-28-17-29-43-81/h75-112H,13-74H2,1-12H3. The molecule has 0 N–H and O–H groups in total. The Kier molecular flexibility index (Phi) is 27.0. The minimum Gasteiger partial charge on any atom is -0.295 e. The zero-order chi connectivity index (χ0) is 82.1. The summed E-state index contributed by atoms with van der Waals surface area (Å²) in [6, 6.07) is 7.21. The molecule has 0 spiro atoms. The van der Waals surface area contributed by atoms with Crippen LogP contribution in [0.1, 0.15) is 481 Å². The van der Waals surface area contributed by atoms with Gasteiger partial charge in [-0.1, -0.05) is 333 Å². The molecular formula is C116H198BN3. The minimum atomic E-state index is 0.375. The van der Waals surface area contributed by atoms with Crippen molar-refractivity contribution in [3.8, 4) is 0 Å². The topological polar surface area (TPSA) is 9.72 Å². The summed E-state index contributed by atoms with van der Waals surface area (Å²) < 4.78 is 0. The van der Waals surface area contributed by atoms with Gasteiger partial charge in [0.2, 0.25) is 0 Å². The molecule has 0 aromatic heterocycles. The van der Waals surface area contributed by atoms with E-state index < -0.39 is 0 Å². The van der Waals surface area contributed by atoms with E-state index in [1.54, 1.807) is 276 Å². The predicted octanol–water partition coefficient (Wildman–Crippen LogP) is 32.5. The Morgan fingerprint density at radius 1 is 0.200 bits per heavy atom. The van der Waals surface area contributed by atoms with Crippen molar-refractivity contribution in [2.75, 3.05) is 0 Å². The van der Waals surface area contributed by atoms with Crippen LogP contribution in [0.3, 0.4) is 0 Å². The number of fused-ring (bicyclic) bond motifs is 4. The normalized spacial score (nSPS) is 46.8. The van der Waals surface area contributed by atoms with Crippen molar-refractivity contribution >= 4 is 6.71 Å². The third kappa shape index (κ3) is 17.6. The van der Waals surface area contributed by atoms with Crippen LogP contribution in [0.5, 0.6) is 0 Å². The maximum atomic E-state index is 4.13. The summed E-state index contributed by atoms with van der Waals surface area (Å²) in [6.45, 7) is 34.2. The molecule has 3 nitrogen and oxygen atoms in total. The van der Waals surface area contributed by atoms with Crippen LogP contribution < -0.4 is 0 Å². The molecule has 0 bridgehead atoms. The van der Waals surface area contributed by atoms with Crippen LogP contribution in [0.15, 0.2) is 0 Å². The molecule has 20 fully saturated rings. The van der Waals surface area contributed by atoms with Gasteiger partial charge in [-0.2, -0.15) is 0 Å². The van der Waals surface area contributed by atoms with E-state index in [-0.39, 0.29) is 0 Å². The highest BCUT2D eigenvalue weighted by atomic mass is 15.3. The lowest BCUT2D eigenvalue weighted by molar-refractivity contribution is -0.162. The van der Waals surface area contributed by atoms with Gasteiger partial charge in [-0.25, -0.2) is 0 Å². The van der Waals surface area contributed by atoms with E-state index >= 15 is 0 Å². The molecular weight excluding hydrogens is 1450 g/mol. The maximum Gasteiger partial charge on any atom is 0.156 e. The molecule has 2 heterocycles.